The highest BCUT2D eigenvalue weighted by Gasteiger charge is 2.36. The lowest BCUT2D eigenvalue weighted by molar-refractivity contribution is -0.145. The summed E-state index contributed by atoms with van der Waals surface area (Å²) in [5, 5.41) is 14.9. The molecule has 0 radical (unpaired) electrons. The molecule has 7 aromatic carbocycles. The number of aryl methyl sites for hydroxylation is 5. The number of para-hydroxylation sites is 1. The van der Waals surface area contributed by atoms with Crippen LogP contribution in [0.25, 0.3) is 0 Å². The molecule has 17 nitrogen and oxygen atoms in total. The first kappa shape index (κ1) is 60.5. The van der Waals surface area contributed by atoms with E-state index in [9.17, 15) is 28.8 Å². The second-order valence-corrected chi connectivity index (χ2v) is 19.8. The predicted octanol–water partition coefficient (Wildman–Crippen LogP) is 12.3. The summed E-state index contributed by atoms with van der Waals surface area (Å²) in [5.41, 5.74) is 7.19. The Hall–Kier alpha value is -9.19. The molecular formula is C63H61Cl2N5O12. The van der Waals surface area contributed by atoms with Crippen LogP contribution in [-0.4, -0.2) is 72.8 Å². The first-order chi connectivity index (χ1) is 39.3. The van der Waals surface area contributed by atoms with Crippen molar-refractivity contribution in [2.24, 2.45) is 5.16 Å². The van der Waals surface area contributed by atoms with Crippen molar-refractivity contribution in [3.8, 4) is 23.0 Å². The van der Waals surface area contributed by atoms with E-state index in [-0.39, 0.29) is 44.1 Å². The number of nitrogens with zero attached hydrogens (tertiary/aromatic N) is 1. The monoisotopic (exact) mass is 1150 g/mol. The van der Waals surface area contributed by atoms with Crippen molar-refractivity contribution < 1.29 is 57.3 Å². The van der Waals surface area contributed by atoms with E-state index < -0.39 is 60.0 Å². The molecule has 0 saturated carbocycles. The molecular weight excluding hydrogens is 1090 g/mol. The molecule has 19 heteroatoms. The summed E-state index contributed by atoms with van der Waals surface area (Å²) >= 11 is 13.0. The Morgan fingerprint density at radius 3 is 1.54 bits per heavy atom. The molecule has 82 heavy (non-hydrogen) atoms. The van der Waals surface area contributed by atoms with Gasteiger partial charge in [0.1, 0.15) is 28.7 Å². The quantitative estimate of drug-likeness (QED) is 0.0318. The Morgan fingerprint density at radius 2 is 1.06 bits per heavy atom. The number of hydrogen-bond donors (Lipinski definition) is 4. The molecule has 8 rings (SSSR count). The van der Waals surface area contributed by atoms with Gasteiger partial charge in [-0.15, -0.1) is 0 Å². The summed E-state index contributed by atoms with van der Waals surface area (Å²) in [4.78, 5) is 83.4. The molecule has 4 amide bonds. The number of benzene rings is 7. The number of oxime groups is 1. The maximum Gasteiger partial charge on any atom is 0.381 e. The number of amides is 4. The van der Waals surface area contributed by atoms with Gasteiger partial charge in [0.2, 0.25) is 6.10 Å². The fourth-order valence-electron chi connectivity index (χ4n) is 8.25. The largest absolute Gasteiger partial charge is 0.480 e. The van der Waals surface area contributed by atoms with Crippen LogP contribution in [0.4, 0.5) is 22.7 Å². The van der Waals surface area contributed by atoms with Gasteiger partial charge in [-0.2, -0.15) is 0 Å². The maximum atomic E-state index is 14.0. The van der Waals surface area contributed by atoms with Crippen molar-refractivity contribution in [1.82, 2.24) is 0 Å². The molecule has 0 saturated heterocycles. The minimum absolute atomic E-state index is 0.0519. The minimum atomic E-state index is -1.88. The second-order valence-electron chi connectivity index (χ2n) is 19.0. The van der Waals surface area contributed by atoms with E-state index in [1.165, 1.54) is 55.6 Å². The molecule has 1 heterocycles. The van der Waals surface area contributed by atoms with Gasteiger partial charge in [-0.1, -0.05) is 120 Å². The first-order valence-corrected chi connectivity index (χ1v) is 26.8. The molecule has 0 bridgehead atoms. The summed E-state index contributed by atoms with van der Waals surface area (Å²) in [6.07, 6.45) is -3.63. The highest BCUT2D eigenvalue weighted by atomic mass is 35.5. The van der Waals surface area contributed by atoms with E-state index in [1.54, 1.807) is 24.3 Å². The molecule has 0 aromatic heterocycles. The number of nitrogens with one attached hydrogen (secondary N) is 4. The Bertz CT molecular complexity index is 3360. The van der Waals surface area contributed by atoms with Crippen molar-refractivity contribution in [1.29, 1.82) is 0 Å². The molecule has 1 aliphatic rings. The van der Waals surface area contributed by atoms with Gasteiger partial charge >= 0.3 is 11.9 Å². The Morgan fingerprint density at radius 1 is 0.549 bits per heavy atom. The van der Waals surface area contributed by atoms with Gasteiger partial charge in [0.25, 0.3) is 29.7 Å². The zero-order valence-electron chi connectivity index (χ0n) is 46.3. The highest BCUT2D eigenvalue weighted by Crippen LogP contribution is 2.31. The number of rotatable bonds is 20. The van der Waals surface area contributed by atoms with E-state index >= 15 is 0 Å². The predicted molar refractivity (Wildman–Crippen MR) is 316 cm³/mol. The Labute approximate surface area is 485 Å². The average Bonchev–Trinajstić information content (AvgIpc) is 3.85. The number of halogens is 2. The number of methoxy groups -OCH3 is 1. The third-order valence-electron chi connectivity index (χ3n) is 12.5. The fourth-order valence-corrected chi connectivity index (χ4v) is 8.58. The summed E-state index contributed by atoms with van der Waals surface area (Å²) in [6.45, 7) is 13.3. The van der Waals surface area contributed by atoms with Crippen molar-refractivity contribution in [2.45, 2.75) is 85.7 Å². The van der Waals surface area contributed by atoms with E-state index in [0.29, 0.717) is 35.8 Å². The van der Waals surface area contributed by atoms with Gasteiger partial charge < -0.3 is 49.8 Å². The molecule has 0 spiro atoms. The molecule has 1 aliphatic heterocycles. The number of esters is 1. The zero-order chi connectivity index (χ0) is 59.0. The molecule has 0 aliphatic carbocycles. The third-order valence-corrected chi connectivity index (χ3v) is 13.2. The van der Waals surface area contributed by atoms with Crippen LogP contribution >= 0.6 is 23.2 Å². The van der Waals surface area contributed by atoms with Crippen LogP contribution in [0.5, 0.6) is 23.0 Å². The van der Waals surface area contributed by atoms with Crippen molar-refractivity contribution >= 4 is 87.2 Å². The smallest absolute Gasteiger partial charge is 0.381 e. The second kappa shape index (κ2) is 28.3. The zero-order valence-corrected chi connectivity index (χ0v) is 47.8. The van der Waals surface area contributed by atoms with Gasteiger partial charge in [0, 0.05) is 16.9 Å². The number of carbonyl (C=O) groups is 6. The topological polar surface area (TPSA) is 218 Å². The van der Waals surface area contributed by atoms with Crippen LogP contribution < -0.4 is 40.2 Å². The molecule has 0 fully saturated rings. The molecule has 4 N–H and O–H groups in total. The molecule has 7 aromatic rings. The van der Waals surface area contributed by atoms with Gasteiger partial charge in [0.05, 0.1) is 34.1 Å². The van der Waals surface area contributed by atoms with Crippen molar-refractivity contribution in [3.63, 3.8) is 0 Å². The SMILES string of the molecule is CCC(Oc1ccc(C)cc1C)C(=O)Nc1ccc(Cl)c(NC(=O)C(Oc2ccc(C(=O)OC)cc2)C(=O)Nc2cc(NC(=O)C(CC)Oc3ccc(C)cc3C)ccc2Cl)c1.Cc1cccc(C2=NOC(=O)C2Oc2ccccc2)c1. The Kier molecular flexibility index (Phi) is 20.9. The van der Waals surface area contributed by atoms with E-state index in [4.69, 9.17) is 51.7 Å². The van der Waals surface area contributed by atoms with Gasteiger partial charge in [-0.25, -0.2) is 9.59 Å². The lowest BCUT2D eigenvalue weighted by Gasteiger charge is -2.21. The molecule has 3 unspecified atom stereocenters. The number of ether oxygens (including phenoxy) is 5. The molecule has 424 valence electrons. The summed E-state index contributed by atoms with van der Waals surface area (Å²) < 4.78 is 28.5. The minimum Gasteiger partial charge on any atom is -0.480 e. The van der Waals surface area contributed by atoms with Crippen LogP contribution in [0.2, 0.25) is 10.0 Å². The third kappa shape index (κ3) is 16.2. The molecule has 3 atom stereocenters. The lowest BCUT2D eigenvalue weighted by atomic mass is 10.0. The van der Waals surface area contributed by atoms with Crippen LogP contribution in [0.15, 0.2) is 157 Å². The fraction of sp³-hybridized carbons (Fsp3) is 0.222. The van der Waals surface area contributed by atoms with Crippen LogP contribution in [0, 0.1) is 34.6 Å². The standard InChI is InChI=1S/C47H48Cl2N4O9.C16H13NO3/c1-8-38(61-40-20-10-26(3)22-28(40)5)43(54)50-31-14-18-34(48)36(24-31)52-45(56)42(60-33-16-12-30(13-17-33)47(58)59-7)46(57)53-37-25-32(15-19-35(37)49)51-44(55)39(9-2)62-41-21-11-27(4)23-29(41)6;1-11-6-5-7-12(10-11)14-15(16(18)20-17-14)19-13-8-3-2-4-9-13/h10-25,38-39,42H,8-9H2,1-7H3,(H,50,54)(H,51,55)(H,52,56)(H,53,57);2-10,15H,1H3. The van der Waals surface area contributed by atoms with E-state index in [1.807, 2.05) is 127 Å². The summed E-state index contributed by atoms with van der Waals surface area (Å²) in [7, 11) is 1.24. The van der Waals surface area contributed by atoms with Gasteiger partial charge in [-0.3, -0.25) is 19.2 Å². The van der Waals surface area contributed by atoms with Crippen LogP contribution in [-0.2, 0) is 33.5 Å². The number of carbonyl (C=O) groups excluding carboxylic acids is 6. The average molecular weight is 1150 g/mol. The van der Waals surface area contributed by atoms with Crippen molar-refractivity contribution in [2.75, 3.05) is 28.4 Å². The number of anilines is 4. The van der Waals surface area contributed by atoms with Gasteiger partial charge in [0.15, 0.2) is 12.2 Å². The summed E-state index contributed by atoms with van der Waals surface area (Å²) in [5.74, 6) is -2.06. The lowest BCUT2D eigenvalue weighted by Crippen LogP contribution is -2.43. The number of hydrogen-bond acceptors (Lipinski definition) is 13. The maximum absolute atomic E-state index is 14.0. The van der Waals surface area contributed by atoms with Crippen LogP contribution in [0.3, 0.4) is 0 Å². The first-order valence-electron chi connectivity index (χ1n) is 26.1. The normalized spacial score (nSPS) is 13.5. The highest BCUT2D eigenvalue weighted by molar-refractivity contribution is 6.35. The van der Waals surface area contributed by atoms with E-state index in [2.05, 4.69) is 26.4 Å². The van der Waals surface area contributed by atoms with E-state index in [0.717, 1.165) is 33.4 Å². The van der Waals surface area contributed by atoms with Gasteiger partial charge in [-0.05, 0) is 150 Å². The summed E-state index contributed by atoms with van der Waals surface area (Å²) in [6, 6.07) is 42.7. The Balaban J connectivity index is 0.000000402. The van der Waals surface area contributed by atoms with Crippen LogP contribution in [0.1, 0.15) is 70.4 Å². The van der Waals surface area contributed by atoms with Crippen molar-refractivity contribution in [3.05, 3.63) is 201 Å².